The molecule has 1 fully saturated rings. The number of hydrogen-bond acceptors (Lipinski definition) is 8. The number of nitrogens with zero attached hydrogens (tertiary/aromatic N) is 3. The molecule has 3 N–H and O–H groups in total. The third-order valence-electron chi connectivity index (χ3n) is 7.16. The van der Waals surface area contributed by atoms with Crippen molar-refractivity contribution in [2.45, 2.75) is 19.0 Å². The van der Waals surface area contributed by atoms with Crippen molar-refractivity contribution in [1.82, 2.24) is 24.6 Å². The van der Waals surface area contributed by atoms with E-state index in [4.69, 9.17) is 11.6 Å². The molecule has 0 bridgehead atoms. The quantitative estimate of drug-likeness (QED) is 0.301. The summed E-state index contributed by atoms with van der Waals surface area (Å²) in [6.45, 7) is 1.35. The smallest absolute Gasteiger partial charge is 0.287 e. The topological polar surface area (TPSA) is 152 Å². The second kappa shape index (κ2) is 9.89. The summed E-state index contributed by atoms with van der Waals surface area (Å²) in [5, 5.41) is 9.01. The average Bonchev–Trinajstić information content (AvgIpc) is 3.49. The lowest BCUT2D eigenvalue weighted by molar-refractivity contribution is -0.124. The Bertz CT molecular complexity index is 1860. The van der Waals surface area contributed by atoms with Crippen LogP contribution in [-0.2, 0) is 26.7 Å². The molecule has 4 aromatic rings. The van der Waals surface area contributed by atoms with E-state index in [2.05, 4.69) is 25.3 Å². The largest absolute Gasteiger partial charge is 0.349 e. The number of halogens is 2. The fraction of sp³-hybridized carbons (Fsp3) is 0.269. The van der Waals surface area contributed by atoms with Crippen LogP contribution in [-0.4, -0.2) is 58.1 Å². The molecule has 212 valence electrons. The molecule has 0 spiro atoms. The minimum Gasteiger partial charge on any atom is -0.349 e. The second-order valence-electron chi connectivity index (χ2n) is 10.2. The molecule has 3 amide bonds. The van der Waals surface area contributed by atoms with Crippen LogP contribution < -0.4 is 16.0 Å². The molecule has 2 aromatic heterocycles. The highest BCUT2D eigenvalue weighted by molar-refractivity contribution is 7.92. The number of rotatable bonds is 6. The molecule has 0 radical (unpaired) electrons. The summed E-state index contributed by atoms with van der Waals surface area (Å²) in [5.74, 6) is -2.91. The summed E-state index contributed by atoms with van der Waals surface area (Å²) in [6, 6.07) is 10.9. The minimum absolute atomic E-state index is 0.0333. The Balaban J connectivity index is 1.44. The van der Waals surface area contributed by atoms with Crippen molar-refractivity contribution in [2.75, 3.05) is 23.4 Å². The Kier molecular flexibility index (Phi) is 6.58. The highest BCUT2D eigenvalue weighted by atomic mass is 35.5. The maximum Gasteiger partial charge on any atom is 0.287 e. The number of hydrogen-bond donors (Lipinski definition) is 3. The van der Waals surface area contributed by atoms with Crippen molar-refractivity contribution >= 4 is 66.6 Å². The molecule has 2 aromatic carbocycles. The molecular weight excluding hydrogens is 595 g/mol. The second-order valence-corrected chi connectivity index (χ2v) is 13.5. The summed E-state index contributed by atoms with van der Waals surface area (Å²) in [4.78, 5) is 44.2. The number of carbonyl (C=O) groups is 3. The number of nitrogens with one attached hydrogen (secondary N) is 3. The number of carbonyl (C=O) groups excluding carboxylic acids is 3. The van der Waals surface area contributed by atoms with Crippen LogP contribution in [0.4, 0.5) is 10.2 Å². The fourth-order valence-corrected chi connectivity index (χ4v) is 7.95. The van der Waals surface area contributed by atoms with E-state index in [1.54, 1.807) is 19.1 Å². The Labute approximate surface area is 242 Å². The Morgan fingerprint density at radius 2 is 1.98 bits per heavy atom. The molecule has 0 unspecified atom stereocenters. The van der Waals surface area contributed by atoms with Gasteiger partial charge in [-0.2, -0.15) is 4.37 Å². The van der Waals surface area contributed by atoms with Gasteiger partial charge in [0.25, 0.3) is 11.8 Å². The zero-order chi connectivity index (χ0) is 29.1. The molecule has 11 nitrogen and oxygen atoms in total. The van der Waals surface area contributed by atoms with Gasteiger partial charge in [0.05, 0.1) is 21.9 Å². The van der Waals surface area contributed by atoms with Crippen molar-refractivity contribution in [1.29, 1.82) is 0 Å². The number of fused-ring (bicyclic) bond motifs is 2. The van der Waals surface area contributed by atoms with Gasteiger partial charge in [0.1, 0.15) is 23.6 Å². The molecular formula is C26H22ClFN6O5S2. The summed E-state index contributed by atoms with van der Waals surface area (Å²) < 4.78 is 43.9. The SMILES string of the molecule is C[C@]1(c2cc(F)ccc2Cl)NC(=O)Cn2c(C(=O)NCC3CS(=O)(=O)C3)nc(NC(=O)c3nsc4ccccc34)c21. The Hall–Kier alpha value is -3.88. The van der Waals surface area contributed by atoms with Crippen molar-refractivity contribution in [2.24, 2.45) is 5.92 Å². The van der Waals surface area contributed by atoms with E-state index in [9.17, 15) is 27.2 Å². The van der Waals surface area contributed by atoms with Crippen molar-refractivity contribution < 1.29 is 27.2 Å². The van der Waals surface area contributed by atoms with Crippen molar-refractivity contribution in [3.63, 3.8) is 0 Å². The van der Waals surface area contributed by atoms with Gasteiger partial charge in [0.15, 0.2) is 15.7 Å². The van der Waals surface area contributed by atoms with Gasteiger partial charge in [0, 0.05) is 28.4 Å². The van der Waals surface area contributed by atoms with E-state index in [-0.39, 0.29) is 64.1 Å². The number of aromatic nitrogens is 3. The van der Waals surface area contributed by atoms with Gasteiger partial charge in [-0.05, 0) is 42.7 Å². The van der Waals surface area contributed by atoms with Crippen molar-refractivity contribution in [3.05, 3.63) is 76.1 Å². The predicted octanol–water partition coefficient (Wildman–Crippen LogP) is 2.71. The molecule has 0 saturated carbocycles. The number of amides is 3. The monoisotopic (exact) mass is 616 g/mol. The predicted molar refractivity (Wildman–Crippen MR) is 150 cm³/mol. The zero-order valence-corrected chi connectivity index (χ0v) is 23.8. The van der Waals surface area contributed by atoms with Crippen LogP contribution in [0.1, 0.15) is 39.3 Å². The van der Waals surface area contributed by atoms with Crippen molar-refractivity contribution in [3.8, 4) is 0 Å². The minimum atomic E-state index is -3.09. The molecule has 2 aliphatic heterocycles. The average molecular weight is 617 g/mol. The van der Waals surface area contributed by atoms with E-state index in [0.29, 0.717) is 5.39 Å². The normalized spacial score (nSPS) is 19.7. The lowest BCUT2D eigenvalue weighted by atomic mass is 9.86. The van der Waals surface area contributed by atoms with Crippen LogP contribution in [0.15, 0.2) is 42.5 Å². The summed E-state index contributed by atoms with van der Waals surface area (Å²) >= 11 is 7.61. The molecule has 15 heteroatoms. The van der Waals surface area contributed by atoms with Gasteiger partial charge in [-0.15, -0.1) is 0 Å². The third-order valence-corrected chi connectivity index (χ3v) is 10.3. The first kappa shape index (κ1) is 27.3. The van der Waals surface area contributed by atoms with Crippen LogP contribution in [0, 0.1) is 11.7 Å². The van der Waals surface area contributed by atoms with Crippen LogP contribution in [0.5, 0.6) is 0 Å². The Morgan fingerprint density at radius 1 is 1.22 bits per heavy atom. The lowest BCUT2D eigenvalue weighted by Crippen LogP contribution is -2.52. The first-order chi connectivity index (χ1) is 19.4. The molecule has 6 rings (SSSR count). The van der Waals surface area contributed by atoms with E-state index in [0.717, 1.165) is 16.2 Å². The number of benzene rings is 2. The highest BCUT2D eigenvalue weighted by Gasteiger charge is 2.45. The van der Waals surface area contributed by atoms with E-state index in [1.807, 2.05) is 12.1 Å². The molecule has 41 heavy (non-hydrogen) atoms. The van der Waals surface area contributed by atoms with Gasteiger partial charge in [-0.1, -0.05) is 29.8 Å². The first-order valence-corrected chi connectivity index (χ1v) is 15.4. The fourth-order valence-electron chi connectivity index (χ4n) is 5.29. The van der Waals surface area contributed by atoms with Gasteiger partial charge < -0.3 is 20.5 Å². The van der Waals surface area contributed by atoms with Gasteiger partial charge >= 0.3 is 0 Å². The highest BCUT2D eigenvalue weighted by Crippen LogP contribution is 2.41. The number of imidazole rings is 1. The number of sulfone groups is 1. The first-order valence-electron chi connectivity index (χ1n) is 12.5. The maximum absolute atomic E-state index is 14.4. The zero-order valence-electron chi connectivity index (χ0n) is 21.4. The third kappa shape index (κ3) is 4.85. The Morgan fingerprint density at radius 3 is 2.73 bits per heavy atom. The van der Waals surface area contributed by atoms with E-state index in [1.165, 1.54) is 22.8 Å². The number of anilines is 1. The molecule has 1 saturated heterocycles. The van der Waals surface area contributed by atoms with Gasteiger partial charge in [-0.3, -0.25) is 14.4 Å². The van der Waals surface area contributed by atoms with Crippen LogP contribution in [0.25, 0.3) is 10.1 Å². The summed E-state index contributed by atoms with van der Waals surface area (Å²) in [5.41, 5.74) is -0.965. The summed E-state index contributed by atoms with van der Waals surface area (Å²) in [6.07, 6.45) is 0. The van der Waals surface area contributed by atoms with Gasteiger partial charge in [-0.25, -0.2) is 17.8 Å². The molecule has 2 aliphatic rings. The van der Waals surface area contributed by atoms with Crippen LogP contribution in [0.3, 0.4) is 0 Å². The maximum atomic E-state index is 14.4. The molecule has 1 atom stereocenters. The standard InChI is InChI=1S/C26H22ClFN6O5S2/c1-26(16-8-14(28)6-7-17(16)27)21-22(31-24(36)20-15-4-2-3-5-18(15)40-33-20)30-23(34(21)10-19(35)32-26)25(37)29-9-13-11-41(38,39)12-13/h2-8,13H,9-12H2,1H3,(H,29,37)(H,31,36)(H,32,35)/t26-/m1/s1. The van der Waals surface area contributed by atoms with E-state index < -0.39 is 38.9 Å². The van der Waals surface area contributed by atoms with Crippen LogP contribution in [0.2, 0.25) is 5.02 Å². The molecule has 0 aliphatic carbocycles. The summed E-state index contributed by atoms with van der Waals surface area (Å²) in [7, 11) is -3.09. The lowest BCUT2D eigenvalue weighted by Gasteiger charge is -2.37. The van der Waals surface area contributed by atoms with Gasteiger partial charge in [0.2, 0.25) is 11.7 Å². The van der Waals surface area contributed by atoms with E-state index >= 15 is 0 Å². The van der Waals surface area contributed by atoms with Crippen LogP contribution >= 0.6 is 23.1 Å². The molecule has 4 heterocycles.